The van der Waals surface area contributed by atoms with Crippen LogP contribution in [-0.2, 0) is 0 Å². The number of likely N-dealkylation sites (N-methyl/N-ethyl adjacent to an activating group) is 1. The number of aromatic amines is 1. The van der Waals surface area contributed by atoms with Crippen molar-refractivity contribution in [1.29, 1.82) is 0 Å². The Morgan fingerprint density at radius 3 is 3.04 bits per heavy atom. The third-order valence-electron chi connectivity index (χ3n) is 4.86. The van der Waals surface area contributed by atoms with E-state index in [-0.39, 0.29) is 0 Å². The lowest BCUT2D eigenvalue weighted by Gasteiger charge is -2.28. The fourth-order valence-corrected chi connectivity index (χ4v) is 3.49. The minimum Gasteiger partial charge on any atom is -0.398 e. The van der Waals surface area contributed by atoms with Gasteiger partial charge in [-0.05, 0) is 24.6 Å². The normalized spacial score (nSPS) is 17.0. The van der Waals surface area contributed by atoms with Crippen molar-refractivity contribution in [3.8, 4) is 0 Å². The van der Waals surface area contributed by atoms with Gasteiger partial charge < -0.3 is 20.5 Å². The highest BCUT2D eigenvalue weighted by atomic mass is 15.3. The van der Waals surface area contributed by atoms with E-state index in [9.17, 15) is 0 Å². The second-order valence-electron chi connectivity index (χ2n) is 6.29. The first kappa shape index (κ1) is 15.3. The molecule has 126 valence electrons. The number of H-pyrrole nitrogens is 1. The molecule has 0 bridgehead atoms. The van der Waals surface area contributed by atoms with Crippen LogP contribution >= 0.6 is 0 Å². The van der Waals surface area contributed by atoms with E-state index in [2.05, 4.69) is 36.6 Å². The predicted octanol–water partition coefficient (Wildman–Crippen LogP) is 2.81. The number of anilines is 3. The van der Waals surface area contributed by atoms with E-state index >= 15 is 0 Å². The summed E-state index contributed by atoms with van der Waals surface area (Å²) in [5.74, 6) is 0.971. The van der Waals surface area contributed by atoms with Crippen LogP contribution in [0.3, 0.4) is 0 Å². The number of rotatable bonds is 3. The SMILES string of the molecule is [C-]#[N+]c1ccc(N(C)[C@@H]2CCN(c3ncnc4[nH]ccc34)C2)c(N)c1. The largest absolute Gasteiger partial charge is 0.398 e. The molecular formula is C18H19N7. The minimum atomic E-state index is 0.338. The monoisotopic (exact) mass is 333 g/mol. The van der Waals surface area contributed by atoms with E-state index in [1.165, 1.54) is 0 Å². The quantitative estimate of drug-likeness (QED) is 0.569. The number of hydrogen-bond acceptors (Lipinski definition) is 5. The summed E-state index contributed by atoms with van der Waals surface area (Å²) in [4.78, 5) is 19.8. The molecule has 3 N–H and O–H groups in total. The van der Waals surface area contributed by atoms with E-state index < -0.39 is 0 Å². The molecular weight excluding hydrogens is 314 g/mol. The van der Waals surface area contributed by atoms with Crippen LogP contribution in [0.1, 0.15) is 6.42 Å². The Kier molecular flexibility index (Phi) is 3.65. The maximum absolute atomic E-state index is 7.09. The Labute approximate surface area is 145 Å². The molecule has 0 spiro atoms. The van der Waals surface area contributed by atoms with Crippen LogP contribution in [0, 0.1) is 6.57 Å². The topological polar surface area (TPSA) is 78.4 Å². The van der Waals surface area contributed by atoms with Gasteiger partial charge in [-0.1, -0.05) is 6.07 Å². The molecule has 4 rings (SSSR count). The Morgan fingerprint density at radius 2 is 2.24 bits per heavy atom. The number of nitrogens with one attached hydrogen (secondary N) is 1. The summed E-state index contributed by atoms with van der Waals surface area (Å²) >= 11 is 0. The Balaban J connectivity index is 1.56. The molecule has 0 radical (unpaired) electrons. The van der Waals surface area contributed by atoms with Gasteiger partial charge >= 0.3 is 0 Å². The number of hydrogen-bond donors (Lipinski definition) is 2. The van der Waals surface area contributed by atoms with Crippen molar-refractivity contribution < 1.29 is 0 Å². The van der Waals surface area contributed by atoms with E-state index in [1.54, 1.807) is 12.4 Å². The molecule has 2 aromatic heterocycles. The highest BCUT2D eigenvalue weighted by Crippen LogP contribution is 2.32. The summed E-state index contributed by atoms with van der Waals surface area (Å²) in [6, 6.07) is 7.84. The average molecular weight is 333 g/mol. The standard InChI is InChI=1S/C18H19N7/c1-20-12-3-4-16(15(19)9-12)24(2)13-6-8-25(10-13)18-14-5-7-21-17(14)22-11-23-18/h3-5,7,9,11,13H,6,8,10,19H2,2H3,(H,21,22,23)/t13-/m1/s1. The van der Waals surface area contributed by atoms with Gasteiger partial charge in [-0.3, -0.25) is 0 Å². The van der Waals surface area contributed by atoms with E-state index in [1.807, 2.05) is 24.4 Å². The number of aromatic nitrogens is 3. The van der Waals surface area contributed by atoms with Gasteiger partial charge in [-0.25, -0.2) is 14.8 Å². The molecule has 7 nitrogen and oxygen atoms in total. The van der Waals surface area contributed by atoms with Gasteiger partial charge in [0.1, 0.15) is 17.8 Å². The van der Waals surface area contributed by atoms with Crippen molar-refractivity contribution in [2.24, 2.45) is 0 Å². The summed E-state index contributed by atoms with van der Waals surface area (Å²) in [5, 5.41) is 1.05. The van der Waals surface area contributed by atoms with Gasteiger partial charge in [0.15, 0.2) is 5.69 Å². The van der Waals surface area contributed by atoms with E-state index in [4.69, 9.17) is 12.3 Å². The maximum Gasteiger partial charge on any atom is 0.189 e. The zero-order valence-electron chi connectivity index (χ0n) is 14.0. The Morgan fingerprint density at radius 1 is 1.36 bits per heavy atom. The second-order valence-corrected chi connectivity index (χ2v) is 6.29. The molecule has 7 heteroatoms. The van der Waals surface area contributed by atoms with Gasteiger partial charge in [-0.15, -0.1) is 0 Å². The summed E-state index contributed by atoms with van der Waals surface area (Å²) in [7, 11) is 2.06. The Hall–Kier alpha value is -3.27. The fraction of sp³-hybridized carbons (Fsp3) is 0.278. The van der Waals surface area contributed by atoms with Crippen LogP contribution in [0.5, 0.6) is 0 Å². The van der Waals surface area contributed by atoms with Gasteiger partial charge in [0, 0.05) is 38.1 Å². The van der Waals surface area contributed by atoms with Crippen molar-refractivity contribution in [1.82, 2.24) is 15.0 Å². The predicted molar refractivity (Wildman–Crippen MR) is 100 cm³/mol. The maximum atomic E-state index is 7.09. The van der Waals surface area contributed by atoms with Crippen molar-refractivity contribution in [3.05, 3.63) is 48.2 Å². The molecule has 25 heavy (non-hydrogen) atoms. The first-order chi connectivity index (χ1) is 12.2. The van der Waals surface area contributed by atoms with Crippen molar-refractivity contribution in [2.75, 3.05) is 35.7 Å². The smallest absolute Gasteiger partial charge is 0.189 e. The van der Waals surface area contributed by atoms with E-state index in [0.29, 0.717) is 17.4 Å². The first-order valence-corrected chi connectivity index (χ1v) is 8.20. The summed E-state index contributed by atoms with van der Waals surface area (Å²) in [6.07, 6.45) is 4.52. The average Bonchev–Trinajstić information content (AvgIpc) is 3.30. The van der Waals surface area contributed by atoms with Crippen LogP contribution in [0.15, 0.2) is 36.8 Å². The first-order valence-electron chi connectivity index (χ1n) is 8.20. The molecule has 1 atom stereocenters. The summed E-state index contributed by atoms with van der Waals surface area (Å²) in [6.45, 7) is 8.90. The molecule has 1 aliphatic heterocycles. The van der Waals surface area contributed by atoms with Gasteiger partial charge in [-0.2, -0.15) is 0 Å². The zero-order chi connectivity index (χ0) is 17.4. The van der Waals surface area contributed by atoms with Crippen molar-refractivity contribution >= 4 is 33.9 Å². The second kappa shape index (κ2) is 5.98. The molecule has 3 heterocycles. The lowest BCUT2D eigenvalue weighted by atomic mass is 10.1. The van der Waals surface area contributed by atoms with Crippen LogP contribution in [0.25, 0.3) is 15.9 Å². The number of benzene rings is 1. The molecule has 0 aliphatic carbocycles. The third kappa shape index (κ3) is 2.62. The van der Waals surface area contributed by atoms with Crippen LogP contribution in [0.2, 0.25) is 0 Å². The molecule has 0 amide bonds. The number of fused-ring (bicyclic) bond motifs is 1. The van der Waals surface area contributed by atoms with Gasteiger partial charge in [0.2, 0.25) is 0 Å². The molecule has 1 aliphatic rings. The Bertz CT molecular complexity index is 955. The zero-order valence-corrected chi connectivity index (χ0v) is 14.0. The fourth-order valence-electron chi connectivity index (χ4n) is 3.49. The molecule has 1 saturated heterocycles. The highest BCUT2D eigenvalue weighted by molar-refractivity contribution is 5.87. The van der Waals surface area contributed by atoms with Gasteiger partial charge in [0.25, 0.3) is 0 Å². The van der Waals surface area contributed by atoms with E-state index in [0.717, 1.165) is 42.0 Å². The third-order valence-corrected chi connectivity index (χ3v) is 4.86. The van der Waals surface area contributed by atoms with Gasteiger partial charge in [0.05, 0.1) is 17.6 Å². The van der Waals surface area contributed by atoms with Crippen LogP contribution in [-0.4, -0.2) is 41.1 Å². The molecule has 1 aromatic carbocycles. The van der Waals surface area contributed by atoms with Crippen LogP contribution in [0.4, 0.5) is 22.9 Å². The van der Waals surface area contributed by atoms with Crippen LogP contribution < -0.4 is 15.5 Å². The van der Waals surface area contributed by atoms with Crippen molar-refractivity contribution in [3.63, 3.8) is 0 Å². The molecule has 0 unspecified atom stereocenters. The summed E-state index contributed by atoms with van der Waals surface area (Å²) < 4.78 is 0. The number of nitrogens with two attached hydrogens (primary N) is 1. The minimum absolute atomic E-state index is 0.338. The molecule has 0 saturated carbocycles. The molecule has 3 aromatic rings. The van der Waals surface area contributed by atoms with Crippen molar-refractivity contribution in [2.45, 2.75) is 12.5 Å². The molecule has 1 fully saturated rings. The highest BCUT2D eigenvalue weighted by Gasteiger charge is 2.28. The number of nitrogen functional groups attached to an aromatic ring is 1. The lowest BCUT2D eigenvalue weighted by molar-refractivity contribution is 0.693. The number of nitrogens with zero attached hydrogens (tertiary/aromatic N) is 5. The lowest BCUT2D eigenvalue weighted by Crippen LogP contribution is -2.35. The summed E-state index contributed by atoms with van der Waals surface area (Å²) in [5.41, 5.74) is 9.19.